The molecule has 0 saturated carbocycles. The molecule has 1 aromatic carbocycles. The van der Waals surface area contributed by atoms with E-state index in [0.29, 0.717) is 5.41 Å². The molecule has 1 aliphatic heterocycles. The zero-order valence-corrected chi connectivity index (χ0v) is 14.4. The molecule has 0 radical (unpaired) electrons. The lowest BCUT2D eigenvalue weighted by molar-refractivity contribution is 0.262. The van der Waals surface area contributed by atoms with Crippen LogP contribution in [0.1, 0.15) is 51.5 Å². The molecule has 2 heteroatoms. The second-order valence-corrected chi connectivity index (χ2v) is 7.45. The molecule has 0 aliphatic carbocycles. The average Bonchev–Trinajstić information content (AvgIpc) is 2.65. The van der Waals surface area contributed by atoms with Crippen molar-refractivity contribution in [2.24, 2.45) is 5.41 Å². The van der Waals surface area contributed by atoms with E-state index in [4.69, 9.17) is 0 Å². The lowest BCUT2D eigenvalue weighted by Gasteiger charge is -2.31. The second-order valence-electron chi connectivity index (χ2n) is 6.43. The Bertz CT molecular complexity index is 441. The third-order valence-electron chi connectivity index (χ3n) is 4.83. The summed E-state index contributed by atoms with van der Waals surface area (Å²) in [7, 11) is 4.26. The quantitative estimate of drug-likeness (QED) is 0.716. The topological polar surface area (TPSA) is 3.24 Å². The van der Waals surface area contributed by atoms with Gasteiger partial charge in [-0.25, -0.2) is 0 Å². The number of hydrogen-bond acceptors (Lipinski definition) is 2. The van der Waals surface area contributed by atoms with Crippen molar-refractivity contribution in [3.05, 3.63) is 23.8 Å². The highest BCUT2D eigenvalue weighted by atomic mass is 32.2. The first-order valence-electron chi connectivity index (χ1n) is 8.03. The van der Waals surface area contributed by atoms with Gasteiger partial charge in [-0.1, -0.05) is 26.7 Å². The van der Waals surface area contributed by atoms with Crippen molar-refractivity contribution < 1.29 is 0 Å². The standard InChI is InChI=1S/C18H29NS/c1-5-7-11-18(6-2)12-10-15-13-16(19(3)4)8-9-17(15)20-14-18/h8-9,13H,5-7,10-12,14H2,1-4H3/t18-/m0/s1. The number of benzene rings is 1. The van der Waals surface area contributed by atoms with E-state index in [9.17, 15) is 0 Å². The fraction of sp³-hybridized carbons (Fsp3) is 0.667. The molecule has 0 N–H and O–H groups in total. The normalized spacial score (nSPS) is 22.2. The molecule has 20 heavy (non-hydrogen) atoms. The SMILES string of the molecule is CCCC[C@@]1(CC)CCc2cc(N(C)C)ccc2SC1. The number of hydrogen-bond donors (Lipinski definition) is 0. The molecule has 0 unspecified atom stereocenters. The lowest BCUT2D eigenvalue weighted by atomic mass is 9.77. The molecule has 1 nitrogen and oxygen atoms in total. The van der Waals surface area contributed by atoms with Gasteiger partial charge in [0.05, 0.1) is 0 Å². The summed E-state index contributed by atoms with van der Waals surface area (Å²) in [5.41, 5.74) is 3.47. The molecule has 112 valence electrons. The van der Waals surface area contributed by atoms with Crippen molar-refractivity contribution in [1.29, 1.82) is 0 Å². The minimum Gasteiger partial charge on any atom is -0.378 e. The number of thioether (sulfide) groups is 1. The van der Waals surface area contributed by atoms with E-state index in [1.54, 1.807) is 5.56 Å². The van der Waals surface area contributed by atoms with Crippen molar-refractivity contribution in [1.82, 2.24) is 0 Å². The summed E-state index contributed by atoms with van der Waals surface area (Å²) in [5, 5.41) is 0. The minimum atomic E-state index is 0.567. The van der Waals surface area contributed by atoms with Crippen LogP contribution in [0.15, 0.2) is 23.1 Å². The fourth-order valence-electron chi connectivity index (χ4n) is 3.09. The van der Waals surface area contributed by atoms with Crippen LogP contribution < -0.4 is 4.90 Å². The maximum absolute atomic E-state index is 2.40. The van der Waals surface area contributed by atoms with Gasteiger partial charge < -0.3 is 4.90 Å². The Balaban J connectivity index is 2.16. The number of aryl methyl sites for hydroxylation is 1. The first-order chi connectivity index (χ1) is 9.60. The molecule has 1 atom stereocenters. The van der Waals surface area contributed by atoms with E-state index in [-0.39, 0.29) is 0 Å². The van der Waals surface area contributed by atoms with Gasteiger partial charge in [0.15, 0.2) is 0 Å². The van der Waals surface area contributed by atoms with E-state index < -0.39 is 0 Å². The molecule has 0 bridgehead atoms. The molecule has 2 rings (SSSR count). The molecule has 0 saturated heterocycles. The van der Waals surface area contributed by atoms with E-state index in [1.807, 2.05) is 0 Å². The van der Waals surface area contributed by atoms with Crippen LogP contribution in [0, 0.1) is 5.41 Å². The summed E-state index contributed by atoms with van der Waals surface area (Å²) in [6.45, 7) is 4.70. The number of unbranched alkanes of at least 4 members (excludes halogenated alkanes) is 1. The third kappa shape index (κ3) is 3.52. The number of nitrogens with zero attached hydrogens (tertiary/aromatic N) is 1. The first-order valence-corrected chi connectivity index (χ1v) is 9.02. The highest BCUT2D eigenvalue weighted by Crippen LogP contribution is 2.44. The molecule has 0 amide bonds. The van der Waals surface area contributed by atoms with Crippen molar-refractivity contribution >= 4 is 17.4 Å². The van der Waals surface area contributed by atoms with Gasteiger partial charge in [0.2, 0.25) is 0 Å². The Hall–Kier alpha value is -0.630. The Morgan fingerprint density at radius 2 is 2.05 bits per heavy atom. The lowest BCUT2D eigenvalue weighted by Crippen LogP contribution is -2.22. The van der Waals surface area contributed by atoms with Crippen LogP contribution in [-0.2, 0) is 6.42 Å². The van der Waals surface area contributed by atoms with Gasteiger partial charge in [0.25, 0.3) is 0 Å². The molecule has 0 fully saturated rings. The van der Waals surface area contributed by atoms with Crippen LogP contribution in [0.3, 0.4) is 0 Å². The fourth-order valence-corrected chi connectivity index (χ4v) is 4.55. The molecule has 0 aromatic heterocycles. The van der Waals surface area contributed by atoms with E-state index >= 15 is 0 Å². The summed E-state index contributed by atoms with van der Waals surface area (Å²) in [6, 6.07) is 6.99. The van der Waals surface area contributed by atoms with Crippen LogP contribution in [0.2, 0.25) is 0 Å². The van der Waals surface area contributed by atoms with Gasteiger partial charge in [-0.2, -0.15) is 0 Å². The van der Waals surface area contributed by atoms with Gasteiger partial charge >= 0.3 is 0 Å². The van der Waals surface area contributed by atoms with E-state index in [0.717, 1.165) is 0 Å². The van der Waals surface area contributed by atoms with E-state index in [1.165, 1.54) is 54.9 Å². The highest BCUT2D eigenvalue weighted by molar-refractivity contribution is 7.99. The molecular formula is C18H29NS. The summed E-state index contributed by atoms with van der Waals surface area (Å²) in [6.07, 6.45) is 8.05. The van der Waals surface area contributed by atoms with E-state index in [2.05, 4.69) is 62.8 Å². The van der Waals surface area contributed by atoms with Crippen LogP contribution in [0.5, 0.6) is 0 Å². The van der Waals surface area contributed by atoms with Gasteiger partial charge in [-0.05, 0) is 54.9 Å². The number of rotatable bonds is 5. The Labute approximate surface area is 129 Å². The highest BCUT2D eigenvalue weighted by Gasteiger charge is 2.30. The zero-order valence-electron chi connectivity index (χ0n) is 13.5. The summed E-state index contributed by atoms with van der Waals surface area (Å²) in [4.78, 5) is 3.72. The van der Waals surface area contributed by atoms with Crippen LogP contribution >= 0.6 is 11.8 Å². The van der Waals surface area contributed by atoms with Crippen molar-refractivity contribution in [3.8, 4) is 0 Å². The summed E-state index contributed by atoms with van der Waals surface area (Å²) < 4.78 is 0. The van der Waals surface area contributed by atoms with Crippen LogP contribution in [0.4, 0.5) is 5.69 Å². The number of anilines is 1. The van der Waals surface area contributed by atoms with Gasteiger partial charge in [0, 0.05) is 30.4 Å². The summed E-state index contributed by atoms with van der Waals surface area (Å²) in [5.74, 6) is 1.30. The number of fused-ring (bicyclic) bond motifs is 1. The van der Waals surface area contributed by atoms with Gasteiger partial charge in [-0.15, -0.1) is 11.8 Å². The van der Waals surface area contributed by atoms with Crippen molar-refractivity contribution in [2.75, 3.05) is 24.7 Å². The second kappa shape index (κ2) is 6.89. The van der Waals surface area contributed by atoms with Crippen molar-refractivity contribution in [3.63, 3.8) is 0 Å². The maximum Gasteiger partial charge on any atom is 0.0364 e. The Morgan fingerprint density at radius 3 is 2.70 bits per heavy atom. The van der Waals surface area contributed by atoms with Crippen LogP contribution in [-0.4, -0.2) is 19.8 Å². The van der Waals surface area contributed by atoms with Gasteiger partial charge in [-0.3, -0.25) is 0 Å². The minimum absolute atomic E-state index is 0.567. The Morgan fingerprint density at radius 1 is 1.25 bits per heavy atom. The van der Waals surface area contributed by atoms with Crippen molar-refractivity contribution in [2.45, 2.75) is 57.3 Å². The van der Waals surface area contributed by atoms with Gasteiger partial charge in [0.1, 0.15) is 0 Å². The molecule has 1 aromatic rings. The first kappa shape index (κ1) is 15.8. The predicted molar refractivity (Wildman–Crippen MR) is 92.1 cm³/mol. The molecular weight excluding hydrogens is 262 g/mol. The zero-order chi connectivity index (χ0) is 14.6. The summed E-state index contributed by atoms with van der Waals surface area (Å²) >= 11 is 2.09. The molecule has 0 spiro atoms. The average molecular weight is 292 g/mol. The molecule has 1 aliphatic rings. The van der Waals surface area contributed by atoms with Crippen LogP contribution in [0.25, 0.3) is 0 Å². The largest absolute Gasteiger partial charge is 0.378 e. The maximum atomic E-state index is 2.40. The monoisotopic (exact) mass is 291 g/mol. The third-order valence-corrected chi connectivity index (χ3v) is 6.30. The molecule has 1 heterocycles. The smallest absolute Gasteiger partial charge is 0.0364 e. The Kier molecular flexibility index (Phi) is 5.42. The predicted octanol–water partition coefficient (Wildman–Crippen LogP) is 5.38.